The normalized spacial score (nSPS) is 39.4. The van der Waals surface area contributed by atoms with Gasteiger partial charge in [-0.25, -0.2) is 4.79 Å². The number of carbonyl (C=O) groups excluding carboxylic acids is 1. The van der Waals surface area contributed by atoms with Crippen LogP contribution in [0.1, 0.15) is 10.4 Å². The van der Waals surface area contributed by atoms with Crippen LogP contribution >= 0.6 is 22.6 Å². The zero-order valence-electron chi connectivity index (χ0n) is 13.0. The minimum atomic E-state index is -3.74. The van der Waals surface area contributed by atoms with E-state index in [-0.39, 0.29) is 3.92 Å². The number of benzene rings is 1. The van der Waals surface area contributed by atoms with Gasteiger partial charge in [0.15, 0.2) is 6.10 Å². The lowest BCUT2D eigenvalue weighted by molar-refractivity contribution is -0.455. The average Bonchev–Trinajstić information content (AvgIpc) is 2.57. The number of carbonyl (C=O) groups is 1. The Morgan fingerprint density at radius 1 is 1.04 bits per heavy atom. The van der Waals surface area contributed by atoms with Crippen molar-refractivity contribution in [3.05, 3.63) is 35.9 Å². The average molecular weight is 482 g/mol. The molecule has 4 aliphatic rings. The van der Waals surface area contributed by atoms with Gasteiger partial charge in [0.1, 0.15) is 24.4 Å². The molecule has 4 unspecified atom stereocenters. The summed E-state index contributed by atoms with van der Waals surface area (Å²) in [5.74, 6) is -0.534. The summed E-state index contributed by atoms with van der Waals surface area (Å²) in [4.78, 5) is 12.4. The van der Waals surface area contributed by atoms with Crippen molar-refractivity contribution >= 4 is 38.7 Å². The maximum atomic E-state index is 12.4. The first-order valence-corrected chi connectivity index (χ1v) is 10.6. The topological polar surface area (TPSA) is 97.4 Å². The molecule has 4 fully saturated rings. The lowest BCUT2D eigenvalue weighted by Crippen LogP contribution is -2.74. The van der Waals surface area contributed by atoms with Gasteiger partial charge in [-0.1, -0.05) is 40.8 Å². The molecule has 3 heterocycles. The zero-order valence-corrected chi connectivity index (χ0v) is 16.0. The molecule has 0 aromatic heterocycles. The molecule has 10 heteroatoms. The molecule has 0 spiro atoms. The fourth-order valence-electron chi connectivity index (χ4n) is 3.26. The van der Waals surface area contributed by atoms with Crippen LogP contribution in [0.3, 0.4) is 0 Å². The molecule has 1 aliphatic carbocycles. The van der Waals surface area contributed by atoms with Crippen LogP contribution in [-0.4, -0.2) is 61.6 Å². The first-order valence-electron chi connectivity index (χ1n) is 7.58. The summed E-state index contributed by atoms with van der Waals surface area (Å²) in [6, 6.07) is 8.51. The third-order valence-corrected chi connectivity index (χ3v) is 6.26. The predicted octanol–water partition coefficient (Wildman–Crippen LogP) is 0.840. The van der Waals surface area contributed by atoms with Crippen LogP contribution in [0.25, 0.3) is 0 Å². The Morgan fingerprint density at radius 3 is 2.28 bits per heavy atom. The molecule has 5 rings (SSSR count). The summed E-state index contributed by atoms with van der Waals surface area (Å²) < 4.78 is 50.5. The molecule has 136 valence electrons. The van der Waals surface area contributed by atoms with Gasteiger partial charge in [0.2, 0.25) is 0 Å². The van der Waals surface area contributed by atoms with E-state index in [0.717, 1.165) is 6.26 Å². The predicted molar refractivity (Wildman–Crippen MR) is 91.6 cm³/mol. The van der Waals surface area contributed by atoms with E-state index >= 15 is 0 Å². The van der Waals surface area contributed by atoms with Gasteiger partial charge in [0, 0.05) is 0 Å². The molecule has 8 nitrogen and oxygen atoms in total. The third-order valence-electron chi connectivity index (χ3n) is 4.27. The molecule has 3 aliphatic heterocycles. The van der Waals surface area contributed by atoms with Crippen molar-refractivity contribution in [2.45, 2.75) is 40.9 Å². The van der Waals surface area contributed by atoms with Crippen LogP contribution in [0, 0.1) is 0 Å². The lowest BCUT2D eigenvalue weighted by Gasteiger charge is -2.57. The minimum absolute atomic E-state index is 0.255. The second-order valence-electron chi connectivity index (χ2n) is 6.04. The minimum Gasteiger partial charge on any atom is -0.453 e. The maximum absolute atomic E-state index is 12.4. The Kier molecular flexibility index (Phi) is 4.53. The molecule has 1 saturated carbocycles. The van der Waals surface area contributed by atoms with Crippen molar-refractivity contribution in [1.29, 1.82) is 0 Å². The van der Waals surface area contributed by atoms with Crippen LogP contribution in [0.5, 0.6) is 0 Å². The van der Waals surface area contributed by atoms with Gasteiger partial charge in [-0.15, -0.1) is 0 Å². The monoisotopic (exact) mass is 482 g/mol. The van der Waals surface area contributed by atoms with Gasteiger partial charge in [0.25, 0.3) is 16.6 Å². The highest BCUT2D eigenvalue weighted by Crippen LogP contribution is 2.45. The standard InChI is InChI=1S/C15H15IO8S/c1-25(18,19)24-13-10-8(16)9-11(12(13)23-15(21-9)22-10)20-14(17)7-5-3-2-4-6-7/h2-6,8-13,15H,1H3/t8?,9?,10-,11+,12?,13-,15?/m1/s1. The van der Waals surface area contributed by atoms with E-state index in [4.69, 9.17) is 23.1 Å². The number of hydrogen-bond acceptors (Lipinski definition) is 8. The SMILES string of the molecule is CS(=O)(=O)O[C@H]1C2OC3OC(C(I)[C@H]1O3)[C@@H]2OC(=O)c1ccccc1. The smallest absolute Gasteiger partial charge is 0.338 e. The Bertz CT molecular complexity index is 769. The van der Waals surface area contributed by atoms with E-state index in [0.29, 0.717) is 5.56 Å². The summed E-state index contributed by atoms with van der Waals surface area (Å²) in [5.41, 5.74) is 0.387. The van der Waals surface area contributed by atoms with Gasteiger partial charge in [-0.3, -0.25) is 4.18 Å². The van der Waals surface area contributed by atoms with E-state index in [2.05, 4.69) is 22.6 Å². The highest BCUT2D eigenvalue weighted by molar-refractivity contribution is 14.1. The Hall–Kier alpha value is -0.790. The van der Waals surface area contributed by atoms with Crippen LogP contribution in [0.15, 0.2) is 30.3 Å². The van der Waals surface area contributed by atoms with Crippen molar-refractivity contribution in [3.8, 4) is 0 Å². The van der Waals surface area contributed by atoms with Gasteiger partial charge in [-0.2, -0.15) is 8.42 Å². The number of esters is 1. The second-order valence-corrected chi connectivity index (χ2v) is 9.08. The third kappa shape index (κ3) is 3.30. The fraction of sp³-hybridized carbons (Fsp3) is 0.533. The summed E-state index contributed by atoms with van der Waals surface area (Å²) in [6.45, 7) is -0.905. The molecule has 25 heavy (non-hydrogen) atoms. The summed E-state index contributed by atoms with van der Waals surface area (Å²) in [6.07, 6.45) is -2.50. The largest absolute Gasteiger partial charge is 0.453 e. The number of halogens is 1. The quantitative estimate of drug-likeness (QED) is 0.270. The first kappa shape index (κ1) is 17.6. The van der Waals surface area contributed by atoms with Gasteiger partial charge >= 0.3 is 5.97 Å². The second kappa shape index (κ2) is 6.43. The summed E-state index contributed by atoms with van der Waals surface area (Å²) in [5, 5.41) is 0. The number of rotatable bonds is 4. The van der Waals surface area contributed by atoms with Gasteiger partial charge in [-0.05, 0) is 12.1 Å². The van der Waals surface area contributed by atoms with Crippen LogP contribution in [0.2, 0.25) is 0 Å². The fourth-order valence-corrected chi connectivity index (χ4v) is 5.04. The zero-order chi connectivity index (χ0) is 17.8. The highest BCUT2D eigenvalue weighted by Gasteiger charge is 2.64. The first-order chi connectivity index (χ1) is 11.8. The summed E-state index contributed by atoms with van der Waals surface area (Å²) in [7, 11) is -3.74. The molecule has 1 aromatic carbocycles. The number of hydrogen-bond donors (Lipinski definition) is 0. The van der Waals surface area contributed by atoms with Crippen molar-refractivity contribution in [3.63, 3.8) is 0 Å². The Labute approximate surface area is 158 Å². The maximum Gasteiger partial charge on any atom is 0.338 e. The lowest BCUT2D eigenvalue weighted by atomic mass is 9.85. The van der Waals surface area contributed by atoms with E-state index in [1.807, 2.05) is 0 Å². The van der Waals surface area contributed by atoms with Gasteiger partial charge in [0.05, 0.1) is 15.7 Å². The number of alkyl halides is 1. The molecule has 0 radical (unpaired) electrons. The molecule has 3 saturated heterocycles. The van der Waals surface area contributed by atoms with E-state index in [1.54, 1.807) is 30.3 Å². The van der Waals surface area contributed by atoms with Gasteiger partial charge < -0.3 is 18.9 Å². The molecule has 7 atom stereocenters. The van der Waals surface area contributed by atoms with E-state index in [1.165, 1.54) is 0 Å². The van der Waals surface area contributed by atoms with Crippen molar-refractivity contribution in [1.82, 2.24) is 0 Å². The van der Waals surface area contributed by atoms with E-state index < -0.39 is 53.1 Å². The highest BCUT2D eigenvalue weighted by atomic mass is 127. The molecular formula is C15H15IO8S. The molecular weight excluding hydrogens is 467 g/mol. The Balaban J connectivity index is 1.60. The Morgan fingerprint density at radius 2 is 1.64 bits per heavy atom. The molecule has 0 N–H and O–H groups in total. The van der Waals surface area contributed by atoms with Crippen LogP contribution < -0.4 is 0 Å². The number of ether oxygens (including phenoxy) is 4. The van der Waals surface area contributed by atoms with Crippen molar-refractivity contribution in [2.24, 2.45) is 0 Å². The van der Waals surface area contributed by atoms with Crippen molar-refractivity contribution < 1.29 is 36.3 Å². The molecule has 1 aromatic rings. The van der Waals surface area contributed by atoms with Crippen LogP contribution in [0.4, 0.5) is 0 Å². The van der Waals surface area contributed by atoms with E-state index in [9.17, 15) is 13.2 Å². The van der Waals surface area contributed by atoms with Crippen LogP contribution in [-0.2, 0) is 33.2 Å². The molecule has 4 bridgehead atoms. The van der Waals surface area contributed by atoms with Crippen molar-refractivity contribution in [2.75, 3.05) is 6.26 Å². The molecule has 0 amide bonds. The summed E-state index contributed by atoms with van der Waals surface area (Å²) >= 11 is 2.10.